The number of amides is 1. The van der Waals surface area contributed by atoms with Crippen LogP contribution in [0.15, 0.2) is 60.7 Å². The second kappa shape index (κ2) is 7.79. The van der Waals surface area contributed by atoms with Gasteiger partial charge in [0.05, 0.1) is 0 Å². The normalized spacial score (nSPS) is 17.0. The van der Waals surface area contributed by atoms with Gasteiger partial charge < -0.3 is 15.0 Å². The molecule has 1 atom stereocenters. The molecule has 23 heavy (non-hydrogen) atoms. The highest BCUT2D eigenvalue weighted by molar-refractivity contribution is 5.94. The number of nitrogens with zero attached hydrogens (tertiary/aromatic N) is 1. The van der Waals surface area contributed by atoms with E-state index < -0.39 is 0 Å². The zero-order valence-electron chi connectivity index (χ0n) is 13.2. The third kappa shape index (κ3) is 4.33. The standard InChI is InChI=1S/C19H22N2O2/c22-19(15-23-18-11-5-2-6-12-18)21(14-16-8-7-13-20-16)17-9-3-1-4-10-17/h1-6,9-12,16,20H,7-8,13-15H2/t16-/m1/s1. The molecule has 2 aromatic rings. The molecule has 1 N–H and O–H groups in total. The second-order valence-electron chi connectivity index (χ2n) is 5.73. The summed E-state index contributed by atoms with van der Waals surface area (Å²) in [5, 5.41) is 3.45. The molecule has 4 heteroatoms. The van der Waals surface area contributed by atoms with Crippen molar-refractivity contribution in [3.8, 4) is 5.75 Å². The summed E-state index contributed by atoms with van der Waals surface area (Å²) < 4.78 is 5.62. The minimum absolute atomic E-state index is 0.0197. The van der Waals surface area contributed by atoms with E-state index in [1.807, 2.05) is 65.6 Å². The molecule has 0 radical (unpaired) electrons. The van der Waals surface area contributed by atoms with E-state index in [2.05, 4.69) is 5.32 Å². The van der Waals surface area contributed by atoms with Gasteiger partial charge >= 0.3 is 0 Å². The van der Waals surface area contributed by atoms with Crippen molar-refractivity contribution in [2.45, 2.75) is 18.9 Å². The molecule has 0 aliphatic carbocycles. The van der Waals surface area contributed by atoms with Crippen molar-refractivity contribution in [3.63, 3.8) is 0 Å². The van der Waals surface area contributed by atoms with Crippen molar-refractivity contribution in [1.29, 1.82) is 0 Å². The Bertz CT molecular complexity index is 610. The van der Waals surface area contributed by atoms with Crippen molar-refractivity contribution >= 4 is 11.6 Å². The summed E-state index contributed by atoms with van der Waals surface area (Å²) in [4.78, 5) is 14.5. The summed E-state index contributed by atoms with van der Waals surface area (Å²) in [5.74, 6) is 0.696. The lowest BCUT2D eigenvalue weighted by molar-refractivity contribution is -0.120. The van der Waals surface area contributed by atoms with Gasteiger partial charge in [-0.1, -0.05) is 36.4 Å². The topological polar surface area (TPSA) is 41.6 Å². The first-order valence-electron chi connectivity index (χ1n) is 8.09. The van der Waals surface area contributed by atoms with Crippen LogP contribution < -0.4 is 15.0 Å². The second-order valence-corrected chi connectivity index (χ2v) is 5.73. The van der Waals surface area contributed by atoms with E-state index >= 15 is 0 Å². The van der Waals surface area contributed by atoms with E-state index in [4.69, 9.17) is 4.74 Å². The summed E-state index contributed by atoms with van der Waals surface area (Å²) in [6, 6.07) is 19.6. The predicted molar refractivity (Wildman–Crippen MR) is 91.8 cm³/mol. The molecule has 0 unspecified atom stereocenters. The average Bonchev–Trinajstić information content (AvgIpc) is 3.12. The van der Waals surface area contributed by atoms with Gasteiger partial charge in [0.25, 0.3) is 5.91 Å². The number of rotatable bonds is 6. The van der Waals surface area contributed by atoms with Crippen molar-refractivity contribution in [1.82, 2.24) is 5.32 Å². The van der Waals surface area contributed by atoms with Gasteiger partial charge in [-0.25, -0.2) is 0 Å². The molecular formula is C19H22N2O2. The van der Waals surface area contributed by atoms with Crippen LogP contribution in [0.4, 0.5) is 5.69 Å². The van der Waals surface area contributed by atoms with E-state index in [-0.39, 0.29) is 12.5 Å². The maximum atomic E-state index is 12.7. The first kappa shape index (κ1) is 15.6. The maximum absolute atomic E-state index is 12.7. The lowest BCUT2D eigenvalue weighted by atomic mass is 10.2. The largest absolute Gasteiger partial charge is 0.484 e. The fourth-order valence-electron chi connectivity index (χ4n) is 2.83. The number of hydrogen-bond donors (Lipinski definition) is 1. The predicted octanol–water partition coefficient (Wildman–Crippen LogP) is 2.85. The molecule has 1 amide bonds. The summed E-state index contributed by atoms with van der Waals surface area (Å²) >= 11 is 0. The molecule has 1 saturated heterocycles. The molecule has 1 aliphatic heterocycles. The lowest BCUT2D eigenvalue weighted by Crippen LogP contribution is -2.43. The molecule has 1 fully saturated rings. The molecule has 0 bridgehead atoms. The van der Waals surface area contributed by atoms with Gasteiger partial charge in [-0.05, 0) is 43.7 Å². The Morgan fingerprint density at radius 3 is 2.43 bits per heavy atom. The van der Waals surface area contributed by atoms with Crippen LogP contribution in [0.1, 0.15) is 12.8 Å². The Balaban J connectivity index is 1.67. The first-order chi connectivity index (χ1) is 11.3. The van der Waals surface area contributed by atoms with Crippen LogP contribution in [0.5, 0.6) is 5.75 Å². The number of carbonyl (C=O) groups excluding carboxylic acids is 1. The molecule has 0 spiro atoms. The molecular weight excluding hydrogens is 288 g/mol. The van der Waals surface area contributed by atoms with Crippen molar-refractivity contribution in [2.75, 3.05) is 24.6 Å². The highest BCUT2D eigenvalue weighted by atomic mass is 16.5. The molecule has 0 saturated carbocycles. The summed E-state index contributed by atoms with van der Waals surface area (Å²) in [7, 11) is 0. The Kier molecular flexibility index (Phi) is 5.27. The minimum Gasteiger partial charge on any atom is -0.484 e. The summed E-state index contributed by atoms with van der Waals surface area (Å²) in [5.41, 5.74) is 0.919. The van der Waals surface area contributed by atoms with Crippen LogP contribution in [-0.4, -0.2) is 31.6 Å². The van der Waals surface area contributed by atoms with E-state index in [0.29, 0.717) is 18.3 Å². The molecule has 1 aliphatic rings. The Morgan fingerprint density at radius 1 is 1.09 bits per heavy atom. The zero-order chi connectivity index (χ0) is 15.9. The number of hydrogen-bond acceptors (Lipinski definition) is 3. The van der Waals surface area contributed by atoms with Gasteiger partial charge in [0, 0.05) is 18.3 Å². The number of nitrogens with one attached hydrogen (secondary N) is 1. The van der Waals surface area contributed by atoms with Gasteiger partial charge in [0.15, 0.2) is 6.61 Å². The highest BCUT2D eigenvalue weighted by Crippen LogP contribution is 2.17. The van der Waals surface area contributed by atoms with Gasteiger partial charge in [-0.3, -0.25) is 4.79 Å². The van der Waals surface area contributed by atoms with Crippen LogP contribution in [0, 0.1) is 0 Å². The number of anilines is 1. The molecule has 1 heterocycles. The van der Waals surface area contributed by atoms with Crippen molar-refractivity contribution in [2.24, 2.45) is 0 Å². The smallest absolute Gasteiger partial charge is 0.264 e. The number of carbonyl (C=O) groups is 1. The Morgan fingerprint density at radius 2 is 1.78 bits per heavy atom. The quantitative estimate of drug-likeness (QED) is 0.892. The van der Waals surface area contributed by atoms with E-state index in [1.54, 1.807) is 0 Å². The van der Waals surface area contributed by atoms with Crippen LogP contribution in [0.2, 0.25) is 0 Å². The van der Waals surface area contributed by atoms with E-state index in [9.17, 15) is 4.79 Å². The van der Waals surface area contributed by atoms with Gasteiger partial charge in [0.2, 0.25) is 0 Å². The molecule has 2 aromatic carbocycles. The van der Waals surface area contributed by atoms with E-state index in [0.717, 1.165) is 18.7 Å². The fraction of sp³-hybridized carbons (Fsp3) is 0.316. The monoisotopic (exact) mass is 310 g/mol. The SMILES string of the molecule is O=C(COc1ccccc1)N(C[C@H]1CCCN1)c1ccccc1. The number of benzene rings is 2. The number of para-hydroxylation sites is 2. The van der Waals surface area contributed by atoms with E-state index in [1.165, 1.54) is 6.42 Å². The first-order valence-corrected chi connectivity index (χ1v) is 8.09. The zero-order valence-corrected chi connectivity index (χ0v) is 13.2. The summed E-state index contributed by atoms with van der Waals surface area (Å²) in [6.07, 6.45) is 2.28. The van der Waals surface area contributed by atoms with Gasteiger partial charge in [-0.15, -0.1) is 0 Å². The molecule has 4 nitrogen and oxygen atoms in total. The van der Waals surface area contributed by atoms with Crippen molar-refractivity contribution < 1.29 is 9.53 Å². The number of ether oxygens (including phenoxy) is 1. The van der Waals surface area contributed by atoms with Crippen LogP contribution >= 0.6 is 0 Å². The third-order valence-electron chi connectivity index (χ3n) is 4.04. The minimum atomic E-state index is -0.0197. The van der Waals surface area contributed by atoms with Crippen LogP contribution in [0.3, 0.4) is 0 Å². The molecule has 3 rings (SSSR count). The average molecular weight is 310 g/mol. The Labute approximate surface area is 137 Å². The summed E-state index contributed by atoms with van der Waals surface area (Å²) in [6.45, 7) is 1.76. The third-order valence-corrected chi connectivity index (χ3v) is 4.04. The lowest BCUT2D eigenvalue weighted by Gasteiger charge is -2.26. The molecule has 120 valence electrons. The molecule has 0 aromatic heterocycles. The highest BCUT2D eigenvalue weighted by Gasteiger charge is 2.23. The van der Waals surface area contributed by atoms with Gasteiger partial charge in [-0.2, -0.15) is 0 Å². The van der Waals surface area contributed by atoms with Crippen molar-refractivity contribution in [3.05, 3.63) is 60.7 Å². The fourth-order valence-corrected chi connectivity index (χ4v) is 2.83. The van der Waals surface area contributed by atoms with Crippen LogP contribution in [-0.2, 0) is 4.79 Å². The Hall–Kier alpha value is -2.33. The van der Waals surface area contributed by atoms with Crippen LogP contribution in [0.25, 0.3) is 0 Å². The maximum Gasteiger partial charge on any atom is 0.264 e. The van der Waals surface area contributed by atoms with Gasteiger partial charge in [0.1, 0.15) is 5.75 Å².